The number of carbonyl (C=O) groups is 1. The second-order valence-corrected chi connectivity index (χ2v) is 6.64. The fourth-order valence-electron chi connectivity index (χ4n) is 3.11. The molecule has 2 aromatic carbocycles. The van der Waals surface area contributed by atoms with Crippen molar-refractivity contribution in [3.05, 3.63) is 59.9 Å². The molecule has 5 nitrogen and oxygen atoms in total. The Morgan fingerprint density at radius 2 is 1.93 bits per heavy atom. The fraction of sp³-hybridized carbons (Fsp3) is 0.318. The molecule has 0 saturated heterocycles. The first-order valence-corrected chi connectivity index (χ1v) is 9.21. The Kier molecular flexibility index (Phi) is 6.01. The number of rotatable bonds is 8. The Morgan fingerprint density at radius 1 is 1.15 bits per heavy atom. The van der Waals surface area contributed by atoms with Crippen LogP contribution in [0.2, 0.25) is 0 Å². The van der Waals surface area contributed by atoms with Gasteiger partial charge in [0.15, 0.2) is 5.76 Å². The van der Waals surface area contributed by atoms with Gasteiger partial charge >= 0.3 is 0 Å². The molecule has 1 N–H and O–H groups in total. The van der Waals surface area contributed by atoms with E-state index in [4.69, 9.17) is 9.15 Å². The van der Waals surface area contributed by atoms with Crippen molar-refractivity contribution in [2.75, 3.05) is 32.1 Å². The van der Waals surface area contributed by atoms with Gasteiger partial charge < -0.3 is 19.4 Å². The predicted molar refractivity (Wildman–Crippen MR) is 109 cm³/mol. The lowest BCUT2D eigenvalue weighted by molar-refractivity contribution is 0.0926. The lowest BCUT2D eigenvalue weighted by Gasteiger charge is -2.19. The molecule has 0 unspecified atom stereocenters. The number of aryl methyl sites for hydroxylation is 1. The minimum atomic E-state index is -0.168. The second kappa shape index (κ2) is 8.62. The van der Waals surface area contributed by atoms with Crippen LogP contribution in [-0.4, -0.2) is 33.2 Å². The Hall–Kier alpha value is -2.95. The summed E-state index contributed by atoms with van der Waals surface area (Å²) in [4.78, 5) is 14.7. The van der Waals surface area contributed by atoms with Crippen LogP contribution in [0.25, 0.3) is 11.0 Å². The molecule has 3 aromatic rings. The summed E-state index contributed by atoms with van der Waals surface area (Å²) in [6, 6.07) is 15.8. The van der Waals surface area contributed by atoms with Gasteiger partial charge in [0.2, 0.25) is 0 Å². The van der Waals surface area contributed by atoms with E-state index in [1.165, 1.54) is 5.69 Å². The standard InChI is InChI=1S/C22H26N2O3/c1-16-19-15-18(26-3)11-12-20(19)27-21(16)22(25)23-13-7-8-14-24(2)17-9-5-4-6-10-17/h4-6,9-12,15H,7-8,13-14H2,1-3H3,(H,23,25). The van der Waals surface area contributed by atoms with Gasteiger partial charge in [0.1, 0.15) is 11.3 Å². The third-order valence-corrected chi connectivity index (χ3v) is 4.75. The molecule has 0 aliphatic carbocycles. The van der Waals surface area contributed by atoms with E-state index >= 15 is 0 Å². The number of hydrogen-bond donors (Lipinski definition) is 1. The van der Waals surface area contributed by atoms with E-state index in [1.54, 1.807) is 7.11 Å². The van der Waals surface area contributed by atoms with Crippen LogP contribution >= 0.6 is 0 Å². The molecular formula is C22H26N2O3. The van der Waals surface area contributed by atoms with Crippen molar-refractivity contribution in [1.29, 1.82) is 0 Å². The molecule has 3 rings (SSSR count). The van der Waals surface area contributed by atoms with Crippen LogP contribution < -0.4 is 15.0 Å². The number of fused-ring (bicyclic) bond motifs is 1. The molecule has 0 radical (unpaired) electrons. The molecule has 142 valence electrons. The van der Waals surface area contributed by atoms with E-state index < -0.39 is 0 Å². The highest BCUT2D eigenvalue weighted by molar-refractivity contribution is 5.99. The number of furan rings is 1. The molecule has 1 aromatic heterocycles. The smallest absolute Gasteiger partial charge is 0.287 e. The van der Waals surface area contributed by atoms with Gasteiger partial charge in [-0.2, -0.15) is 0 Å². The van der Waals surface area contributed by atoms with Gasteiger partial charge in [-0.05, 0) is 50.1 Å². The Morgan fingerprint density at radius 3 is 2.67 bits per heavy atom. The van der Waals surface area contributed by atoms with Gasteiger partial charge in [-0.15, -0.1) is 0 Å². The van der Waals surface area contributed by atoms with Gasteiger partial charge in [0, 0.05) is 36.8 Å². The van der Waals surface area contributed by atoms with E-state index in [0.29, 0.717) is 17.9 Å². The van der Waals surface area contributed by atoms with Gasteiger partial charge in [-0.3, -0.25) is 4.79 Å². The van der Waals surface area contributed by atoms with Gasteiger partial charge in [0.25, 0.3) is 5.91 Å². The summed E-state index contributed by atoms with van der Waals surface area (Å²) in [7, 11) is 3.71. The van der Waals surface area contributed by atoms with Crippen LogP contribution in [0.1, 0.15) is 29.0 Å². The molecular weight excluding hydrogens is 340 g/mol. The highest BCUT2D eigenvalue weighted by atomic mass is 16.5. The van der Waals surface area contributed by atoms with Gasteiger partial charge in [0.05, 0.1) is 7.11 Å². The second-order valence-electron chi connectivity index (χ2n) is 6.64. The van der Waals surface area contributed by atoms with Crippen LogP contribution in [0.5, 0.6) is 5.75 Å². The van der Waals surface area contributed by atoms with Gasteiger partial charge in [-0.25, -0.2) is 0 Å². The molecule has 0 saturated carbocycles. The summed E-state index contributed by atoms with van der Waals surface area (Å²) in [5.74, 6) is 0.958. The number of para-hydroxylation sites is 1. The fourth-order valence-corrected chi connectivity index (χ4v) is 3.11. The van der Waals surface area contributed by atoms with Crippen LogP contribution in [0.15, 0.2) is 52.9 Å². The maximum Gasteiger partial charge on any atom is 0.287 e. The zero-order chi connectivity index (χ0) is 19.2. The van der Waals surface area contributed by atoms with Crippen molar-refractivity contribution in [2.45, 2.75) is 19.8 Å². The molecule has 0 aliphatic heterocycles. The third-order valence-electron chi connectivity index (χ3n) is 4.75. The Labute approximate surface area is 159 Å². The van der Waals surface area contributed by atoms with Crippen molar-refractivity contribution in [3.63, 3.8) is 0 Å². The highest BCUT2D eigenvalue weighted by Gasteiger charge is 2.17. The maximum absolute atomic E-state index is 12.5. The topological polar surface area (TPSA) is 54.7 Å². The zero-order valence-corrected chi connectivity index (χ0v) is 16.1. The number of unbranched alkanes of at least 4 members (excludes halogenated alkanes) is 1. The molecule has 1 amide bonds. The number of nitrogens with zero attached hydrogens (tertiary/aromatic N) is 1. The highest BCUT2D eigenvalue weighted by Crippen LogP contribution is 2.28. The zero-order valence-electron chi connectivity index (χ0n) is 16.1. The number of hydrogen-bond acceptors (Lipinski definition) is 4. The first-order valence-electron chi connectivity index (χ1n) is 9.21. The summed E-state index contributed by atoms with van der Waals surface area (Å²) >= 11 is 0. The molecule has 0 fully saturated rings. The SMILES string of the molecule is COc1ccc2oc(C(=O)NCCCCN(C)c3ccccc3)c(C)c2c1. The Bertz CT molecular complexity index is 903. The minimum absolute atomic E-state index is 0.168. The first kappa shape index (κ1) is 18.8. The van der Waals surface area contributed by atoms with Crippen LogP contribution in [0.4, 0.5) is 5.69 Å². The summed E-state index contributed by atoms with van der Waals surface area (Å²) in [5.41, 5.74) is 2.74. The predicted octanol–water partition coefficient (Wildman–Crippen LogP) is 4.40. The number of ether oxygens (including phenoxy) is 1. The average molecular weight is 366 g/mol. The van der Waals surface area contributed by atoms with Crippen LogP contribution in [-0.2, 0) is 0 Å². The lowest BCUT2D eigenvalue weighted by Crippen LogP contribution is -2.26. The number of benzene rings is 2. The first-order chi connectivity index (χ1) is 13.1. The quantitative estimate of drug-likeness (QED) is 0.601. The van der Waals surface area contributed by atoms with Crippen LogP contribution in [0, 0.1) is 6.92 Å². The number of nitrogens with one attached hydrogen (secondary N) is 1. The van der Waals surface area contributed by atoms with E-state index in [-0.39, 0.29) is 5.91 Å². The summed E-state index contributed by atoms with van der Waals surface area (Å²) in [6.07, 6.45) is 1.91. The van der Waals surface area contributed by atoms with Crippen LogP contribution in [0.3, 0.4) is 0 Å². The number of amides is 1. The van der Waals surface area contributed by atoms with Gasteiger partial charge in [-0.1, -0.05) is 18.2 Å². The maximum atomic E-state index is 12.5. The number of carbonyl (C=O) groups excluding carboxylic acids is 1. The summed E-state index contributed by atoms with van der Waals surface area (Å²) < 4.78 is 11.0. The molecule has 1 heterocycles. The summed E-state index contributed by atoms with van der Waals surface area (Å²) in [6.45, 7) is 3.47. The van der Waals surface area contributed by atoms with E-state index in [0.717, 1.165) is 36.1 Å². The van der Waals surface area contributed by atoms with Crippen molar-refractivity contribution in [1.82, 2.24) is 5.32 Å². The monoisotopic (exact) mass is 366 g/mol. The van der Waals surface area contributed by atoms with E-state index in [1.807, 2.05) is 43.3 Å². The molecule has 27 heavy (non-hydrogen) atoms. The molecule has 5 heteroatoms. The molecule has 0 bridgehead atoms. The van der Waals surface area contributed by atoms with Crippen molar-refractivity contribution in [3.8, 4) is 5.75 Å². The number of anilines is 1. The third kappa shape index (κ3) is 4.42. The van der Waals surface area contributed by atoms with E-state index in [9.17, 15) is 4.79 Å². The van der Waals surface area contributed by atoms with Crippen molar-refractivity contribution in [2.24, 2.45) is 0 Å². The largest absolute Gasteiger partial charge is 0.497 e. The molecule has 0 spiro atoms. The van der Waals surface area contributed by atoms with Crippen molar-refractivity contribution >= 4 is 22.6 Å². The minimum Gasteiger partial charge on any atom is -0.497 e. The average Bonchev–Trinajstić information content (AvgIpc) is 3.04. The molecule has 0 atom stereocenters. The summed E-state index contributed by atoms with van der Waals surface area (Å²) in [5, 5.41) is 3.87. The Balaban J connectivity index is 1.49. The molecule has 0 aliphatic rings. The number of methoxy groups -OCH3 is 1. The van der Waals surface area contributed by atoms with Crippen molar-refractivity contribution < 1.29 is 13.9 Å². The van der Waals surface area contributed by atoms with E-state index in [2.05, 4.69) is 29.4 Å². The lowest BCUT2D eigenvalue weighted by atomic mass is 10.1. The normalized spacial score (nSPS) is 10.8.